The molecule has 0 bridgehead atoms. The van der Waals surface area contributed by atoms with Crippen LogP contribution < -0.4 is 15.0 Å². The summed E-state index contributed by atoms with van der Waals surface area (Å²) in [7, 11) is 1.59. The Hall–Kier alpha value is -3.37. The van der Waals surface area contributed by atoms with Gasteiger partial charge in [0.25, 0.3) is 0 Å². The van der Waals surface area contributed by atoms with Gasteiger partial charge < -0.3 is 19.1 Å². The number of piperidine rings is 1. The number of carbonyl (C=O) groups excluding carboxylic acids is 1. The van der Waals surface area contributed by atoms with Gasteiger partial charge in [-0.05, 0) is 45.2 Å². The Balaban J connectivity index is 1.39. The van der Waals surface area contributed by atoms with Gasteiger partial charge in [0, 0.05) is 50.2 Å². The molecule has 1 atom stereocenters. The summed E-state index contributed by atoms with van der Waals surface area (Å²) in [4.78, 5) is 27.1. The lowest BCUT2D eigenvalue weighted by atomic mass is 10.0. The van der Waals surface area contributed by atoms with Crippen LogP contribution in [0.2, 0.25) is 0 Å². The van der Waals surface area contributed by atoms with Crippen molar-refractivity contribution in [3.63, 3.8) is 0 Å². The Morgan fingerprint density at radius 3 is 2.69 bits per heavy atom. The third kappa shape index (κ3) is 5.96. The molecule has 0 spiro atoms. The molecule has 0 radical (unpaired) electrons. The number of nitrogens with one attached hydrogen (secondary N) is 1. The summed E-state index contributed by atoms with van der Waals surface area (Å²) in [6.07, 6.45) is 7.16. The Kier molecular flexibility index (Phi) is 8.52. The van der Waals surface area contributed by atoms with E-state index in [-0.39, 0.29) is 6.10 Å². The number of aromatic nitrogens is 3. The van der Waals surface area contributed by atoms with Crippen molar-refractivity contribution in [2.24, 2.45) is 0 Å². The van der Waals surface area contributed by atoms with Crippen molar-refractivity contribution in [2.75, 3.05) is 56.7 Å². The molecule has 0 aliphatic carbocycles. The molecule has 2 saturated heterocycles. The second-order valence-corrected chi connectivity index (χ2v) is 10.4. The van der Waals surface area contributed by atoms with E-state index in [4.69, 9.17) is 19.2 Å². The number of fused-ring (bicyclic) bond motifs is 1. The van der Waals surface area contributed by atoms with E-state index in [1.165, 1.54) is 0 Å². The minimum absolute atomic E-state index is 0.148. The number of hydrogen-bond acceptors (Lipinski definition) is 8. The zero-order chi connectivity index (χ0) is 27.4. The first-order chi connectivity index (χ1) is 19.0. The maximum Gasteiger partial charge on any atom is 0.412 e. The van der Waals surface area contributed by atoms with Crippen LogP contribution in [-0.2, 0) is 9.47 Å². The topological polar surface area (TPSA) is 93.5 Å². The maximum atomic E-state index is 12.4. The van der Waals surface area contributed by atoms with Crippen LogP contribution in [0.1, 0.15) is 45.2 Å². The molecule has 5 rings (SSSR count). The number of carbonyl (C=O) groups is 1. The quantitative estimate of drug-likeness (QED) is 0.441. The zero-order valence-corrected chi connectivity index (χ0v) is 23.5. The van der Waals surface area contributed by atoms with Gasteiger partial charge in [0.1, 0.15) is 17.5 Å². The first kappa shape index (κ1) is 27.2. The molecule has 210 valence electrons. The van der Waals surface area contributed by atoms with Crippen molar-refractivity contribution in [1.29, 1.82) is 0 Å². The highest BCUT2D eigenvalue weighted by Gasteiger charge is 2.29. The number of aryl methyl sites for hydroxylation is 1. The van der Waals surface area contributed by atoms with Gasteiger partial charge in [-0.2, -0.15) is 0 Å². The molecule has 1 aromatic carbocycles. The fraction of sp³-hybridized carbons (Fsp3) is 0.552. The molecule has 2 aromatic heterocycles. The van der Waals surface area contributed by atoms with Gasteiger partial charge in [-0.15, -0.1) is 0 Å². The van der Waals surface area contributed by atoms with Crippen LogP contribution in [0.25, 0.3) is 16.8 Å². The second kappa shape index (κ2) is 12.2. The summed E-state index contributed by atoms with van der Waals surface area (Å²) < 4.78 is 18.8. The average molecular weight is 537 g/mol. The van der Waals surface area contributed by atoms with Crippen molar-refractivity contribution in [2.45, 2.75) is 58.6 Å². The number of imidazole rings is 1. The van der Waals surface area contributed by atoms with E-state index >= 15 is 0 Å². The van der Waals surface area contributed by atoms with E-state index in [1.807, 2.05) is 44.4 Å². The van der Waals surface area contributed by atoms with Crippen LogP contribution in [0.5, 0.6) is 5.75 Å². The van der Waals surface area contributed by atoms with Gasteiger partial charge in [0.2, 0.25) is 5.95 Å². The Morgan fingerprint density at radius 1 is 1.21 bits per heavy atom. The number of anilines is 2. The molecule has 4 heterocycles. The fourth-order valence-corrected chi connectivity index (χ4v) is 5.71. The SMILES string of the molecule is CCC[C@H](C)OC(=O)Nc1ccc(-c2nc(N3CCC(N4CCOCC4)CC3)n3ccnc(C)c23)cc1OC. The Labute approximate surface area is 230 Å². The van der Waals surface area contributed by atoms with Crippen LogP contribution in [0.4, 0.5) is 16.4 Å². The highest BCUT2D eigenvalue weighted by atomic mass is 16.6. The third-order valence-corrected chi connectivity index (χ3v) is 7.74. The largest absolute Gasteiger partial charge is 0.495 e. The first-order valence-corrected chi connectivity index (χ1v) is 14.0. The molecule has 3 aromatic rings. The fourth-order valence-electron chi connectivity index (χ4n) is 5.71. The van der Waals surface area contributed by atoms with Crippen LogP contribution in [0.15, 0.2) is 30.6 Å². The highest BCUT2D eigenvalue weighted by molar-refractivity contribution is 5.89. The van der Waals surface area contributed by atoms with Crippen molar-refractivity contribution >= 4 is 23.2 Å². The summed E-state index contributed by atoms with van der Waals surface area (Å²) in [5.74, 6) is 1.48. The lowest BCUT2D eigenvalue weighted by Crippen LogP contribution is -2.49. The average Bonchev–Trinajstić information content (AvgIpc) is 3.35. The van der Waals surface area contributed by atoms with Gasteiger partial charge in [-0.1, -0.05) is 19.4 Å². The van der Waals surface area contributed by atoms with E-state index < -0.39 is 6.09 Å². The monoisotopic (exact) mass is 536 g/mol. The summed E-state index contributed by atoms with van der Waals surface area (Å²) in [6.45, 7) is 11.6. The standard InChI is InChI=1S/C29H40N6O4/c1-5-6-20(2)39-29(36)31-24-8-7-22(19-25(24)37-4)26-27-21(3)30-11-14-35(27)28(32-26)34-12-9-23(10-13-34)33-15-17-38-18-16-33/h7-8,11,14,19-20,23H,5-6,9-10,12-13,15-18H2,1-4H3,(H,31,36)/t20-/m0/s1. The van der Waals surface area contributed by atoms with Crippen LogP contribution in [0.3, 0.4) is 0 Å². The third-order valence-electron chi connectivity index (χ3n) is 7.74. The number of methoxy groups -OCH3 is 1. The van der Waals surface area contributed by atoms with Crippen LogP contribution in [-0.4, -0.2) is 84.0 Å². The summed E-state index contributed by atoms with van der Waals surface area (Å²) >= 11 is 0. The predicted octanol–water partition coefficient (Wildman–Crippen LogP) is 4.75. The smallest absolute Gasteiger partial charge is 0.412 e. The van der Waals surface area contributed by atoms with Crippen molar-refractivity contribution in [3.05, 3.63) is 36.3 Å². The zero-order valence-electron chi connectivity index (χ0n) is 23.5. The van der Waals surface area contributed by atoms with Gasteiger partial charge >= 0.3 is 6.09 Å². The van der Waals surface area contributed by atoms with Gasteiger partial charge in [-0.25, -0.2) is 9.78 Å². The Bertz CT molecular complexity index is 1280. The molecule has 10 heteroatoms. The number of amides is 1. The minimum Gasteiger partial charge on any atom is -0.495 e. The summed E-state index contributed by atoms with van der Waals surface area (Å²) in [6, 6.07) is 6.30. The minimum atomic E-state index is -0.489. The second-order valence-electron chi connectivity index (χ2n) is 10.4. The molecular weight excluding hydrogens is 496 g/mol. The molecule has 2 fully saturated rings. The number of ether oxygens (including phenoxy) is 3. The van der Waals surface area contributed by atoms with Gasteiger partial charge in [0.05, 0.1) is 37.2 Å². The molecule has 39 heavy (non-hydrogen) atoms. The lowest BCUT2D eigenvalue weighted by Gasteiger charge is -2.40. The summed E-state index contributed by atoms with van der Waals surface area (Å²) in [5.41, 5.74) is 4.17. The molecular formula is C29H40N6O4. The number of morpholine rings is 1. The van der Waals surface area contributed by atoms with E-state index in [0.717, 1.165) is 93.5 Å². The predicted molar refractivity (Wildman–Crippen MR) is 152 cm³/mol. The normalized spacial score (nSPS) is 17.8. The van der Waals surface area contributed by atoms with Crippen molar-refractivity contribution in [3.8, 4) is 17.0 Å². The maximum absolute atomic E-state index is 12.4. The number of hydrogen-bond donors (Lipinski definition) is 1. The summed E-state index contributed by atoms with van der Waals surface area (Å²) in [5, 5.41) is 2.82. The van der Waals surface area contributed by atoms with Crippen LogP contribution in [0, 0.1) is 6.92 Å². The van der Waals surface area contributed by atoms with E-state index in [1.54, 1.807) is 7.11 Å². The molecule has 2 aliphatic rings. The van der Waals surface area contributed by atoms with E-state index in [0.29, 0.717) is 17.5 Å². The Morgan fingerprint density at radius 2 is 1.97 bits per heavy atom. The molecule has 0 saturated carbocycles. The first-order valence-electron chi connectivity index (χ1n) is 14.0. The lowest BCUT2D eigenvalue weighted by molar-refractivity contribution is 0.0114. The molecule has 10 nitrogen and oxygen atoms in total. The van der Waals surface area contributed by atoms with Crippen molar-refractivity contribution in [1.82, 2.24) is 19.3 Å². The number of benzene rings is 1. The highest BCUT2D eigenvalue weighted by Crippen LogP contribution is 2.36. The van der Waals surface area contributed by atoms with Gasteiger partial charge in [-0.3, -0.25) is 19.6 Å². The molecule has 0 unspecified atom stereocenters. The number of rotatable bonds is 8. The number of nitrogens with zero attached hydrogens (tertiary/aromatic N) is 5. The van der Waals surface area contributed by atoms with Gasteiger partial charge in [0.15, 0.2) is 0 Å². The van der Waals surface area contributed by atoms with Crippen molar-refractivity contribution < 1.29 is 19.0 Å². The molecule has 1 amide bonds. The molecule has 1 N–H and O–H groups in total. The molecule has 2 aliphatic heterocycles. The van der Waals surface area contributed by atoms with E-state index in [2.05, 4.69) is 31.4 Å². The van der Waals surface area contributed by atoms with E-state index in [9.17, 15) is 4.79 Å². The van der Waals surface area contributed by atoms with Crippen LogP contribution >= 0.6 is 0 Å².